The van der Waals surface area contributed by atoms with Crippen LogP contribution in [0.25, 0.3) is 11.4 Å². The van der Waals surface area contributed by atoms with Crippen molar-refractivity contribution in [1.29, 1.82) is 0 Å². The van der Waals surface area contributed by atoms with Crippen LogP contribution in [-0.2, 0) is 13.1 Å². The Kier molecular flexibility index (Phi) is 4.83. The summed E-state index contributed by atoms with van der Waals surface area (Å²) in [6, 6.07) is 13.4. The van der Waals surface area contributed by atoms with Gasteiger partial charge in [-0.1, -0.05) is 37.3 Å². The lowest BCUT2D eigenvalue weighted by Gasteiger charge is -2.23. The summed E-state index contributed by atoms with van der Waals surface area (Å²) in [6.45, 7) is 4.03. The van der Waals surface area contributed by atoms with E-state index >= 15 is 0 Å². The van der Waals surface area contributed by atoms with Crippen molar-refractivity contribution in [2.24, 2.45) is 0 Å². The molecule has 1 fully saturated rings. The van der Waals surface area contributed by atoms with E-state index in [0.29, 0.717) is 10.8 Å². The molecule has 4 rings (SSSR count). The maximum atomic E-state index is 5.49. The number of hydrogen-bond donors (Lipinski definition) is 1. The first-order chi connectivity index (χ1) is 12.2. The minimum Gasteiger partial charge on any atom is -0.278 e. The van der Waals surface area contributed by atoms with E-state index in [1.54, 1.807) is 0 Å². The molecule has 2 aromatic heterocycles. The summed E-state index contributed by atoms with van der Waals surface area (Å²) in [4.78, 5) is 8.50. The number of aromatic amines is 1. The van der Waals surface area contributed by atoms with Gasteiger partial charge in [0, 0.05) is 23.0 Å². The molecule has 1 aliphatic rings. The molecule has 1 saturated heterocycles. The van der Waals surface area contributed by atoms with Crippen LogP contribution in [0.15, 0.2) is 41.8 Å². The number of hydrogen-bond acceptors (Lipinski definition) is 4. The highest BCUT2D eigenvalue weighted by molar-refractivity contribution is 7.71. The fraction of sp³-hybridized carbons (Fsp3) is 0.368. The molecule has 1 aliphatic heterocycles. The molecule has 3 heterocycles. The lowest BCUT2D eigenvalue weighted by Crippen LogP contribution is -2.26. The van der Waals surface area contributed by atoms with Crippen LogP contribution < -0.4 is 0 Å². The number of benzene rings is 1. The van der Waals surface area contributed by atoms with Gasteiger partial charge in [-0.05, 0) is 48.5 Å². The summed E-state index contributed by atoms with van der Waals surface area (Å²) in [5, 5.41) is 5.55. The Balaban J connectivity index is 1.55. The number of nitrogens with zero attached hydrogens (tertiary/aromatic N) is 3. The van der Waals surface area contributed by atoms with E-state index in [1.165, 1.54) is 23.3 Å². The van der Waals surface area contributed by atoms with E-state index in [4.69, 9.17) is 12.2 Å². The Morgan fingerprint density at radius 2 is 2.12 bits per heavy atom. The van der Waals surface area contributed by atoms with Gasteiger partial charge in [-0.25, -0.2) is 4.68 Å². The first kappa shape index (κ1) is 16.7. The highest BCUT2D eigenvalue weighted by Crippen LogP contribution is 2.34. The first-order valence-corrected chi connectivity index (χ1v) is 10.1. The molecule has 0 saturated carbocycles. The number of aromatic nitrogens is 3. The molecule has 1 aromatic carbocycles. The predicted molar refractivity (Wildman–Crippen MR) is 105 cm³/mol. The molecular formula is C19H22N4S2. The van der Waals surface area contributed by atoms with Gasteiger partial charge in [0.1, 0.15) is 0 Å². The van der Waals surface area contributed by atoms with Crippen molar-refractivity contribution >= 4 is 23.6 Å². The summed E-state index contributed by atoms with van der Waals surface area (Å²) in [6.07, 6.45) is 3.49. The van der Waals surface area contributed by atoms with Crippen molar-refractivity contribution in [3.05, 3.63) is 57.0 Å². The Bertz CT molecular complexity index is 877. The Morgan fingerprint density at radius 1 is 1.28 bits per heavy atom. The number of rotatable bonds is 5. The third-order valence-electron chi connectivity index (χ3n) is 4.87. The standard InChI is InChI=1S/C19H22N4S2/c1-2-14-7-9-15(10-8-14)18-20-19(24)23(21-18)13-22-11-3-5-16(22)17-6-4-12-25-17/h4,6-10,12,16H,2-3,5,11,13H2,1H3,(H,20,21,24)/t16-/m1/s1. The quantitative estimate of drug-likeness (QED) is 0.640. The number of likely N-dealkylation sites (tertiary alicyclic amines) is 1. The zero-order valence-electron chi connectivity index (χ0n) is 14.3. The molecule has 25 heavy (non-hydrogen) atoms. The van der Waals surface area contributed by atoms with E-state index in [0.717, 1.165) is 31.0 Å². The molecule has 6 heteroatoms. The van der Waals surface area contributed by atoms with Crippen LogP contribution in [0.5, 0.6) is 0 Å². The Morgan fingerprint density at radius 3 is 2.84 bits per heavy atom. The van der Waals surface area contributed by atoms with Crippen LogP contribution in [0.3, 0.4) is 0 Å². The second-order valence-electron chi connectivity index (χ2n) is 6.46. The monoisotopic (exact) mass is 370 g/mol. The van der Waals surface area contributed by atoms with Crippen molar-refractivity contribution in [1.82, 2.24) is 19.7 Å². The van der Waals surface area contributed by atoms with E-state index in [1.807, 2.05) is 16.0 Å². The zero-order chi connectivity index (χ0) is 17.2. The Labute approximate surface area is 157 Å². The number of nitrogens with one attached hydrogen (secondary N) is 1. The molecule has 1 N–H and O–H groups in total. The average molecular weight is 371 g/mol. The van der Waals surface area contributed by atoms with Crippen molar-refractivity contribution in [3.8, 4) is 11.4 Å². The number of aryl methyl sites for hydroxylation is 1. The number of H-pyrrole nitrogens is 1. The summed E-state index contributed by atoms with van der Waals surface area (Å²) in [5.74, 6) is 0.847. The molecule has 0 aliphatic carbocycles. The minimum absolute atomic E-state index is 0.498. The van der Waals surface area contributed by atoms with Crippen molar-refractivity contribution in [3.63, 3.8) is 0 Å². The molecule has 0 unspecified atom stereocenters. The predicted octanol–water partition coefficient (Wildman–Crippen LogP) is 5.03. The summed E-state index contributed by atoms with van der Waals surface area (Å²) >= 11 is 7.33. The van der Waals surface area contributed by atoms with Gasteiger partial charge >= 0.3 is 0 Å². The van der Waals surface area contributed by atoms with Gasteiger partial charge in [-0.3, -0.25) is 10.00 Å². The van der Waals surface area contributed by atoms with Crippen molar-refractivity contribution in [2.45, 2.75) is 38.9 Å². The minimum atomic E-state index is 0.498. The molecular weight excluding hydrogens is 348 g/mol. The molecule has 0 spiro atoms. The van der Waals surface area contributed by atoms with Crippen LogP contribution in [0, 0.1) is 4.77 Å². The van der Waals surface area contributed by atoms with E-state index in [9.17, 15) is 0 Å². The van der Waals surface area contributed by atoms with Gasteiger partial charge < -0.3 is 0 Å². The van der Waals surface area contributed by atoms with Crippen LogP contribution in [0.4, 0.5) is 0 Å². The average Bonchev–Trinajstić information content (AvgIpc) is 3.37. The maximum Gasteiger partial charge on any atom is 0.217 e. The number of thiophene rings is 1. The molecule has 0 amide bonds. The molecule has 130 valence electrons. The molecule has 4 nitrogen and oxygen atoms in total. The van der Waals surface area contributed by atoms with Gasteiger partial charge in [0.25, 0.3) is 0 Å². The molecule has 3 aromatic rings. The smallest absolute Gasteiger partial charge is 0.217 e. The SMILES string of the molecule is CCc1ccc(-c2nc(=S)n(CN3CCC[C@@H]3c3cccs3)[nH]2)cc1. The topological polar surface area (TPSA) is 36.9 Å². The maximum absolute atomic E-state index is 5.49. The second kappa shape index (κ2) is 7.23. The lowest BCUT2D eigenvalue weighted by atomic mass is 10.1. The lowest BCUT2D eigenvalue weighted by molar-refractivity contribution is 0.192. The molecule has 0 bridgehead atoms. The van der Waals surface area contributed by atoms with Gasteiger partial charge in [0.2, 0.25) is 4.77 Å². The highest BCUT2D eigenvalue weighted by Gasteiger charge is 2.27. The van der Waals surface area contributed by atoms with Crippen molar-refractivity contribution < 1.29 is 0 Å². The van der Waals surface area contributed by atoms with E-state index in [2.05, 4.69) is 63.7 Å². The van der Waals surface area contributed by atoms with Gasteiger partial charge in [0.05, 0.1) is 6.67 Å². The largest absolute Gasteiger partial charge is 0.278 e. The van der Waals surface area contributed by atoms with E-state index < -0.39 is 0 Å². The van der Waals surface area contributed by atoms with Gasteiger partial charge in [-0.2, -0.15) is 4.98 Å². The van der Waals surface area contributed by atoms with Gasteiger partial charge in [-0.15, -0.1) is 11.3 Å². The summed E-state index contributed by atoms with van der Waals surface area (Å²) < 4.78 is 2.61. The molecule has 1 atom stereocenters. The summed E-state index contributed by atoms with van der Waals surface area (Å²) in [7, 11) is 0. The van der Waals surface area contributed by atoms with Crippen LogP contribution in [0.2, 0.25) is 0 Å². The van der Waals surface area contributed by atoms with Gasteiger partial charge in [0.15, 0.2) is 5.82 Å². The third-order valence-corrected chi connectivity index (χ3v) is 6.16. The fourth-order valence-electron chi connectivity index (χ4n) is 3.46. The highest BCUT2D eigenvalue weighted by atomic mass is 32.1. The normalized spacial score (nSPS) is 18.0. The molecule has 0 radical (unpaired) electrons. The van der Waals surface area contributed by atoms with Crippen LogP contribution >= 0.6 is 23.6 Å². The third kappa shape index (κ3) is 3.47. The van der Waals surface area contributed by atoms with Crippen LogP contribution in [-0.4, -0.2) is 26.2 Å². The zero-order valence-corrected chi connectivity index (χ0v) is 15.9. The second-order valence-corrected chi connectivity index (χ2v) is 7.80. The Hall–Kier alpha value is -1.76. The summed E-state index contributed by atoms with van der Waals surface area (Å²) in [5.41, 5.74) is 2.41. The fourth-order valence-corrected chi connectivity index (χ4v) is 4.55. The van der Waals surface area contributed by atoms with Crippen LogP contribution in [0.1, 0.15) is 36.2 Å². The van der Waals surface area contributed by atoms with Crippen molar-refractivity contribution in [2.75, 3.05) is 6.54 Å². The van der Waals surface area contributed by atoms with E-state index in [-0.39, 0.29) is 0 Å². The first-order valence-electron chi connectivity index (χ1n) is 8.78.